The predicted octanol–water partition coefficient (Wildman–Crippen LogP) is 2.29. The number of halogens is 3. The SMILES string of the molecule is COC(=O)c1ccc(OC)cc1S(=O)(=O)NCCNc1ccc(C(F)(F)F)cn1. The summed E-state index contributed by atoms with van der Waals surface area (Å²) >= 11 is 0. The van der Waals surface area contributed by atoms with Crippen LogP contribution in [0.15, 0.2) is 41.4 Å². The van der Waals surface area contributed by atoms with Crippen molar-refractivity contribution < 1.29 is 35.9 Å². The number of alkyl halides is 3. The fourth-order valence-electron chi connectivity index (χ4n) is 2.25. The van der Waals surface area contributed by atoms with Crippen LogP contribution in [0.3, 0.4) is 0 Å². The summed E-state index contributed by atoms with van der Waals surface area (Å²) in [6.07, 6.45) is -3.82. The first-order chi connectivity index (χ1) is 13.6. The van der Waals surface area contributed by atoms with Crippen molar-refractivity contribution in [2.45, 2.75) is 11.1 Å². The first kappa shape index (κ1) is 22.4. The molecule has 2 aromatic rings. The van der Waals surface area contributed by atoms with Gasteiger partial charge in [-0.25, -0.2) is 22.9 Å². The third-order valence-corrected chi connectivity index (χ3v) is 5.20. The maximum absolute atomic E-state index is 12.6. The van der Waals surface area contributed by atoms with Crippen molar-refractivity contribution in [3.05, 3.63) is 47.7 Å². The van der Waals surface area contributed by atoms with Gasteiger partial charge in [0.2, 0.25) is 10.0 Å². The number of carbonyl (C=O) groups is 1. The van der Waals surface area contributed by atoms with E-state index in [0.717, 1.165) is 19.2 Å². The quantitative estimate of drug-likeness (QED) is 0.486. The largest absolute Gasteiger partial charge is 0.497 e. The highest BCUT2D eigenvalue weighted by Gasteiger charge is 2.30. The monoisotopic (exact) mass is 433 g/mol. The Morgan fingerprint density at radius 3 is 2.41 bits per heavy atom. The number of esters is 1. The van der Waals surface area contributed by atoms with E-state index in [1.807, 2.05) is 0 Å². The summed E-state index contributed by atoms with van der Waals surface area (Å²) in [4.78, 5) is 15.1. The number of hydrogen-bond acceptors (Lipinski definition) is 7. The van der Waals surface area contributed by atoms with Crippen molar-refractivity contribution in [3.8, 4) is 5.75 Å². The third-order valence-electron chi connectivity index (χ3n) is 3.70. The van der Waals surface area contributed by atoms with Crippen LogP contribution in [-0.2, 0) is 20.9 Å². The van der Waals surface area contributed by atoms with E-state index in [2.05, 4.69) is 19.8 Å². The van der Waals surface area contributed by atoms with Gasteiger partial charge in [-0.05, 0) is 24.3 Å². The molecule has 12 heteroatoms. The van der Waals surface area contributed by atoms with Crippen LogP contribution in [-0.4, -0.2) is 46.7 Å². The Bertz CT molecular complexity index is 963. The van der Waals surface area contributed by atoms with E-state index >= 15 is 0 Å². The Morgan fingerprint density at radius 1 is 1.14 bits per heavy atom. The number of pyridine rings is 1. The second-order valence-corrected chi connectivity index (χ2v) is 7.34. The number of hydrogen-bond donors (Lipinski definition) is 2. The number of ether oxygens (including phenoxy) is 2. The molecule has 0 aliphatic carbocycles. The zero-order valence-corrected chi connectivity index (χ0v) is 16.2. The van der Waals surface area contributed by atoms with Crippen molar-refractivity contribution in [3.63, 3.8) is 0 Å². The molecule has 2 N–H and O–H groups in total. The van der Waals surface area contributed by atoms with Crippen LogP contribution >= 0.6 is 0 Å². The lowest BCUT2D eigenvalue weighted by atomic mass is 10.2. The molecular weight excluding hydrogens is 415 g/mol. The maximum Gasteiger partial charge on any atom is 0.417 e. The molecule has 0 radical (unpaired) electrons. The van der Waals surface area contributed by atoms with Gasteiger partial charge in [-0.2, -0.15) is 13.2 Å². The molecule has 0 amide bonds. The first-order valence-corrected chi connectivity index (χ1v) is 9.60. The summed E-state index contributed by atoms with van der Waals surface area (Å²) in [6, 6.07) is 5.86. The number of benzene rings is 1. The molecule has 0 saturated heterocycles. The number of rotatable bonds is 8. The molecule has 8 nitrogen and oxygen atoms in total. The van der Waals surface area contributed by atoms with Gasteiger partial charge in [0.05, 0.1) is 25.3 Å². The summed E-state index contributed by atoms with van der Waals surface area (Å²) in [5.74, 6) is -0.459. The molecule has 158 valence electrons. The van der Waals surface area contributed by atoms with Gasteiger partial charge in [0.15, 0.2) is 0 Å². The molecule has 0 atom stereocenters. The van der Waals surface area contributed by atoms with Gasteiger partial charge >= 0.3 is 12.1 Å². The smallest absolute Gasteiger partial charge is 0.417 e. The van der Waals surface area contributed by atoms with Crippen molar-refractivity contribution in [1.82, 2.24) is 9.71 Å². The molecule has 0 aliphatic rings. The van der Waals surface area contributed by atoms with E-state index in [4.69, 9.17) is 4.74 Å². The Labute approximate surface area is 165 Å². The van der Waals surface area contributed by atoms with E-state index in [9.17, 15) is 26.4 Å². The lowest BCUT2D eigenvalue weighted by molar-refractivity contribution is -0.137. The molecule has 0 aliphatic heterocycles. The van der Waals surface area contributed by atoms with E-state index in [1.54, 1.807) is 0 Å². The molecule has 0 saturated carbocycles. The highest BCUT2D eigenvalue weighted by Crippen LogP contribution is 2.28. The number of nitrogens with one attached hydrogen (secondary N) is 2. The highest BCUT2D eigenvalue weighted by atomic mass is 32.2. The minimum absolute atomic E-state index is 0.0368. The molecule has 1 aromatic carbocycles. The van der Waals surface area contributed by atoms with E-state index in [0.29, 0.717) is 6.20 Å². The second kappa shape index (κ2) is 9.09. The number of sulfonamides is 1. The first-order valence-electron chi connectivity index (χ1n) is 8.11. The van der Waals surface area contributed by atoms with Crippen molar-refractivity contribution >= 4 is 21.8 Å². The molecule has 1 aromatic heterocycles. The Morgan fingerprint density at radius 2 is 1.86 bits per heavy atom. The summed E-state index contributed by atoms with van der Waals surface area (Å²) in [7, 11) is -1.63. The van der Waals surface area contributed by atoms with Crippen LogP contribution in [0.5, 0.6) is 5.75 Å². The van der Waals surface area contributed by atoms with Crippen molar-refractivity contribution in [2.75, 3.05) is 32.6 Å². The third kappa shape index (κ3) is 5.81. The standard InChI is InChI=1S/C17H18F3N3O5S/c1-27-12-4-5-13(16(24)28-2)14(9-12)29(25,26)23-8-7-21-15-6-3-11(10-22-15)17(18,19)20/h3-6,9-10,23H,7-8H2,1-2H3,(H,21,22). The minimum atomic E-state index is -4.49. The van der Waals surface area contributed by atoms with Gasteiger partial charge in [0, 0.05) is 25.4 Å². The number of nitrogens with zero attached hydrogens (tertiary/aromatic N) is 1. The molecule has 0 fully saturated rings. The van der Waals surface area contributed by atoms with Crippen LogP contribution in [0.25, 0.3) is 0 Å². The van der Waals surface area contributed by atoms with Gasteiger partial charge in [0.1, 0.15) is 16.5 Å². The lowest BCUT2D eigenvalue weighted by Gasteiger charge is -2.12. The zero-order chi connectivity index (χ0) is 21.7. The van der Waals surface area contributed by atoms with E-state index in [1.165, 1.54) is 25.3 Å². The Hall–Kier alpha value is -2.86. The van der Waals surface area contributed by atoms with Gasteiger partial charge in [-0.3, -0.25) is 0 Å². The summed E-state index contributed by atoms with van der Waals surface area (Å²) in [5, 5.41) is 2.70. The van der Waals surface area contributed by atoms with Gasteiger partial charge in [-0.15, -0.1) is 0 Å². The molecule has 29 heavy (non-hydrogen) atoms. The number of carbonyl (C=O) groups excluding carboxylic acids is 1. The van der Waals surface area contributed by atoms with Crippen molar-refractivity contribution in [1.29, 1.82) is 0 Å². The van der Waals surface area contributed by atoms with Gasteiger partial charge in [-0.1, -0.05) is 0 Å². The average Bonchev–Trinajstić information content (AvgIpc) is 2.69. The summed E-state index contributed by atoms with van der Waals surface area (Å²) < 4.78 is 74.5. The molecule has 2 rings (SSSR count). The van der Waals surface area contributed by atoms with Crippen LogP contribution in [0.4, 0.5) is 19.0 Å². The van der Waals surface area contributed by atoms with Crippen LogP contribution in [0.2, 0.25) is 0 Å². The lowest BCUT2D eigenvalue weighted by Crippen LogP contribution is -2.30. The molecule has 0 bridgehead atoms. The van der Waals surface area contributed by atoms with Crippen LogP contribution < -0.4 is 14.8 Å². The minimum Gasteiger partial charge on any atom is -0.497 e. The summed E-state index contributed by atoms with van der Waals surface area (Å²) in [6.45, 7) is -0.0853. The second-order valence-electron chi connectivity index (χ2n) is 5.61. The fraction of sp³-hybridized carbons (Fsp3) is 0.294. The number of anilines is 1. The van der Waals surface area contributed by atoms with Crippen LogP contribution in [0, 0.1) is 0 Å². The number of methoxy groups -OCH3 is 2. The molecule has 1 heterocycles. The Kier molecular flexibility index (Phi) is 7.03. The predicted molar refractivity (Wildman–Crippen MR) is 97.3 cm³/mol. The average molecular weight is 433 g/mol. The van der Waals surface area contributed by atoms with E-state index in [-0.39, 0.29) is 35.1 Å². The van der Waals surface area contributed by atoms with Crippen molar-refractivity contribution in [2.24, 2.45) is 0 Å². The van der Waals surface area contributed by atoms with Gasteiger partial charge < -0.3 is 14.8 Å². The molecular formula is C17H18F3N3O5S. The number of aromatic nitrogens is 1. The molecule has 0 spiro atoms. The zero-order valence-electron chi connectivity index (χ0n) is 15.4. The fourth-order valence-corrected chi connectivity index (χ4v) is 3.49. The van der Waals surface area contributed by atoms with E-state index < -0.39 is 27.7 Å². The summed E-state index contributed by atoms with van der Waals surface area (Å²) in [5.41, 5.74) is -1.06. The highest BCUT2D eigenvalue weighted by molar-refractivity contribution is 7.89. The maximum atomic E-state index is 12.6. The molecule has 0 unspecified atom stereocenters. The Balaban J connectivity index is 2.04. The van der Waals surface area contributed by atoms with Gasteiger partial charge in [0.25, 0.3) is 0 Å². The van der Waals surface area contributed by atoms with Crippen LogP contribution in [0.1, 0.15) is 15.9 Å². The normalized spacial score (nSPS) is 11.8. The topological polar surface area (TPSA) is 107 Å².